The first-order valence-corrected chi connectivity index (χ1v) is 6.28. The molecule has 100 valence electrons. The second-order valence-corrected chi connectivity index (χ2v) is 4.68. The topological polar surface area (TPSA) is 76.3 Å². The highest BCUT2D eigenvalue weighted by atomic mass is 16.2. The molecule has 2 N–H and O–H groups in total. The van der Waals surface area contributed by atoms with Crippen LogP contribution in [0.3, 0.4) is 0 Å². The lowest BCUT2D eigenvalue weighted by Gasteiger charge is -2.23. The molecule has 1 atom stereocenters. The predicted octanol–water partition coefficient (Wildman–Crippen LogP) is 2.02. The van der Waals surface area contributed by atoms with Gasteiger partial charge in [0.1, 0.15) is 5.69 Å². The van der Waals surface area contributed by atoms with E-state index in [0.717, 1.165) is 5.56 Å². The second-order valence-electron chi connectivity index (χ2n) is 4.68. The molecular weight excluding hydrogens is 254 g/mol. The average Bonchev–Trinajstić information content (AvgIpc) is 2.71. The van der Waals surface area contributed by atoms with Gasteiger partial charge in [-0.05, 0) is 30.7 Å². The number of nitrogens with two attached hydrogens (primary N) is 1. The van der Waals surface area contributed by atoms with Gasteiger partial charge in [-0.3, -0.25) is 19.5 Å². The first-order valence-electron chi connectivity index (χ1n) is 6.28. The summed E-state index contributed by atoms with van der Waals surface area (Å²) in [7, 11) is 0. The fraction of sp³-hybridized carbons (Fsp3) is 0.133. The molecule has 2 amide bonds. The predicted molar refractivity (Wildman–Crippen MR) is 74.0 cm³/mol. The fourth-order valence-electron chi connectivity index (χ4n) is 2.47. The Kier molecular flexibility index (Phi) is 2.75. The van der Waals surface area contributed by atoms with Crippen molar-refractivity contribution in [3.8, 4) is 0 Å². The number of aromatic nitrogens is 1. The van der Waals surface area contributed by atoms with Gasteiger partial charge in [-0.1, -0.05) is 18.2 Å². The Morgan fingerprint density at radius 1 is 1.10 bits per heavy atom. The normalized spacial score (nSPS) is 15.3. The minimum atomic E-state index is -0.426. The van der Waals surface area contributed by atoms with Crippen molar-refractivity contribution in [1.82, 2.24) is 9.88 Å². The Balaban J connectivity index is 2.03. The number of fused-ring (bicyclic) bond motifs is 1. The number of hydrogen-bond donors (Lipinski definition) is 1. The van der Waals surface area contributed by atoms with Crippen LogP contribution in [0.2, 0.25) is 0 Å². The van der Waals surface area contributed by atoms with Gasteiger partial charge in [-0.25, -0.2) is 0 Å². The van der Waals surface area contributed by atoms with Crippen molar-refractivity contribution >= 4 is 17.5 Å². The molecular formula is C15H13N3O2. The fourth-order valence-corrected chi connectivity index (χ4v) is 2.47. The monoisotopic (exact) mass is 267 g/mol. The van der Waals surface area contributed by atoms with Gasteiger partial charge in [0.2, 0.25) is 0 Å². The number of benzene rings is 1. The van der Waals surface area contributed by atoms with Gasteiger partial charge in [0, 0.05) is 11.9 Å². The van der Waals surface area contributed by atoms with E-state index in [9.17, 15) is 9.59 Å². The van der Waals surface area contributed by atoms with Crippen LogP contribution in [0.15, 0.2) is 42.6 Å². The molecule has 0 fully saturated rings. The van der Waals surface area contributed by atoms with Crippen molar-refractivity contribution in [2.24, 2.45) is 0 Å². The van der Waals surface area contributed by atoms with Crippen LogP contribution in [-0.4, -0.2) is 21.7 Å². The lowest BCUT2D eigenvalue weighted by atomic mass is 10.1. The van der Waals surface area contributed by atoms with E-state index >= 15 is 0 Å². The highest BCUT2D eigenvalue weighted by Crippen LogP contribution is 2.32. The first-order chi connectivity index (χ1) is 9.61. The number of anilines is 1. The van der Waals surface area contributed by atoms with E-state index in [4.69, 9.17) is 5.73 Å². The molecule has 5 heteroatoms. The van der Waals surface area contributed by atoms with Crippen LogP contribution in [0.5, 0.6) is 0 Å². The van der Waals surface area contributed by atoms with Crippen LogP contribution < -0.4 is 5.73 Å². The number of hydrogen-bond acceptors (Lipinski definition) is 4. The quantitative estimate of drug-likeness (QED) is 0.667. The van der Waals surface area contributed by atoms with Crippen LogP contribution in [0.25, 0.3) is 0 Å². The summed E-state index contributed by atoms with van der Waals surface area (Å²) < 4.78 is 0. The largest absolute Gasteiger partial charge is 0.398 e. The van der Waals surface area contributed by atoms with Gasteiger partial charge in [0.25, 0.3) is 11.8 Å². The molecule has 1 aromatic heterocycles. The molecule has 0 radical (unpaired) electrons. The minimum absolute atomic E-state index is 0.207. The Morgan fingerprint density at radius 2 is 1.85 bits per heavy atom. The summed E-state index contributed by atoms with van der Waals surface area (Å²) in [4.78, 5) is 29.9. The Labute approximate surface area is 116 Å². The zero-order chi connectivity index (χ0) is 14.3. The summed E-state index contributed by atoms with van der Waals surface area (Å²) in [6, 6.07) is 10.1. The standard InChI is InChI=1S/C15H13N3O2/c1-9(10-5-2-3-7-12(10)16)18-14(19)11-6-4-8-17-13(11)15(18)20/h2-9H,16H2,1H3. The van der Waals surface area contributed by atoms with E-state index in [1.807, 2.05) is 18.2 Å². The molecule has 0 saturated carbocycles. The number of pyridine rings is 1. The number of carbonyl (C=O) groups is 2. The third kappa shape index (κ3) is 1.67. The Bertz CT molecular complexity index is 677. The number of nitrogen functional groups attached to an aromatic ring is 1. The van der Waals surface area contributed by atoms with Crippen LogP contribution in [0.1, 0.15) is 39.4 Å². The third-order valence-electron chi connectivity index (χ3n) is 3.51. The molecule has 1 aliphatic heterocycles. The smallest absolute Gasteiger partial charge is 0.280 e. The molecule has 1 aliphatic rings. The van der Waals surface area contributed by atoms with Crippen molar-refractivity contribution in [3.63, 3.8) is 0 Å². The summed E-state index contributed by atoms with van der Waals surface area (Å²) in [6.07, 6.45) is 1.51. The number of nitrogens with zero attached hydrogens (tertiary/aromatic N) is 2. The van der Waals surface area contributed by atoms with E-state index in [-0.39, 0.29) is 17.5 Å². The van der Waals surface area contributed by atoms with Crippen molar-refractivity contribution in [2.75, 3.05) is 5.73 Å². The lowest BCUT2D eigenvalue weighted by molar-refractivity contribution is 0.0594. The van der Waals surface area contributed by atoms with Gasteiger partial charge in [0.15, 0.2) is 0 Å². The van der Waals surface area contributed by atoms with Gasteiger partial charge in [-0.2, -0.15) is 0 Å². The van der Waals surface area contributed by atoms with Crippen molar-refractivity contribution in [3.05, 3.63) is 59.4 Å². The molecule has 2 aromatic rings. The van der Waals surface area contributed by atoms with Gasteiger partial charge < -0.3 is 5.73 Å². The summed E-state index contributed by atoms with van der Waals surface area (Å²) >= 11 is 0. The highest BCUT2D eigenvalue weighted by Gasteiger charge is 2.40. The van der Waals surface area contributed by atoms with E-state index in [1.54, 1.807) is 25.1 Å². The number of amides is 2. The lowest BCUT2D eigenvalue weighted by Crippen LogP contribution is -2.33. The number of para-hydroxylation sites is 1. The van der Waals surface area contributed by atoms with E-state index < -0.39 is 6.04 Å². The van der Waals surface area contributed by atoms with Crippen LogP contribution >= 0.6 is 0 Å². The molecule has 0 bridgehead atoms. The van der Waals surface area contributed by atoms with Crippen molar-refractivity contribution in [2.45, 2.75) is 13.0 Å². The molecule has 5 nitrogen and oxygen atoms in total. The van der Waals surface area contributed by atoms with Crippen LogP contribution in [0, 0.1) is 0 Å². The van der Waals surface area contributed by atoms with E-state index in [0.29, 0.717) is 11.3 Å². The Hall–Kier alpha value is -2.69. The maximum absolute atomic E-state index is 12.4. The molecule has 2 heterocycles. The average molecular weight is 267 g/mol. The zero-order valence-corrected chi connectivity index (χ0v) is 10.9. The van der Waals surface area contributed by atoms with E-state index in [2.05, 4.69) is 4.98 Å². The molecule has 0 spiro atoms. The van der Waals surface area contributed by atoms with Crippen molar-refractivity contribution < 1.29 is 9.59 Å². The van der Waals surface area contributed by atoms with Gasteiger partial charge >= 0.3 is 0 Å². The number of rotatable bonds is 2. The summed E-state index contributed by atoms with van der Waals surface area (Å²) in [5.74, 6) is -0.699. The molecule has 1 aromatic carbocycles. The SMILES string of the molecule is CC(c1ccccc1N)N1C(=O)c2cccnc2C1=O. The van der Waals surface area contributed by atoms with Crippen LogP contribution in [-0.2, 0) is 0 Å². The molecule has 3 rings (SSSR count). The summed E-state index contributed by atoms with van der Waals surface area (Å²) in [5, 5.41) is 0. The summed E-state index contributed by atoms with van der Waals surface area (Å²) in [5.41, 5.74) is 7.79. The molecule has 20 heavy (non-hydrogen) atoms. The molecule has 0 aliphatic carbocycles. The van der Waals surface area contributed by atoms with Crippen LogP contribution in [0.4, 0.5) is 5.69 Å². The third-order valence-corrected chi connectivity index (χ3v) is 3.51. The number of carbonyl (C=O) groups excluding carboxylic acids is 2. The van der Waals surface area contributed by atoms with E-state index in [1.165, 1.54) is 11.1 Å². The summed E-state index contributed by atoms with van der Waals surface area (Å²) in [6.45, 7) is 1.79. The highest BCUT2D eigenvalue weighted by molar-refractivity contribution is 6.20. The first kappa shape index (κ1) is 12.3. The maximum Gasteiger partial charge on any atom is 0.280 e. The van der Waals surface area contributed by atoms with Gasteiger partial charge in [-0.15, -0.1) is 0 Å². The Morgan fingerprint density at radius 3 is 2.55 bits per heavy atom. The minimum Gasteiger partial charge on any atom is -0.398 e. The van der Waals surface area contributed by atoms with Crippen molar-refractivity contribution in [1.29, 1.82) is 0 Å². The maximum atomic E-state index is 12.4. The van der Waals surface area contributed by atoms with Gasteiger partial charge in [0.05, 0.1) is 11.6 Å². The second kappa shape index (κ2) is 4.45. The molecule has 0 saturated heterocycles. The zero-order valence-electron chi connectivity index (χ0n) is 10.9. The molecule has 1 unspecified atom stereocenters. The number of imide groups is 1.